The van der Waals surface area contributed by atoms with Gasteiger partial charge in [-0.2, -0.15) is 0 Å². The molecule has 0 aliphatic rings. The maximum absolute atomic E-state index is 12.5. The number of rotatable bonds is 5. The van der Waals surface area contributed by atoms with Crippen molar-refractivity contribution in [3.63, 3.8) is 0 Å². The number of imidazole rings is 1. The van der Waals surface area contributed by atoms with E-state index in [4.69, 9.17) is 0 Å². The van der Waals surface area contributed by atoms with Crippen LogP contribution < -0.4 is 5.32 Å². The molecule has 0 unspecified atom stereocenters. The number of pyridine rings is 1. The summed E-state index contributed by atoms with van der Waals surface area (Å²) in [6.07, 6.45) is 2.57. The lowest BCUT2D eigenvalue weighted by atomic mass is 10.1. The number of fused-ring (bicyclic) bond motifs is 1. The van der Waals surface area contributed by atoms with E-state index in [9.17, 15) is 4.79 Å². The molecule has 0 radical (unpaired) electrons. The van der Waals surface area contributed by atoms with Gasteiger partial charge in [0, 0.05) is 30.4 Å². The number of carbonyl (C=O) groups excluding carboxylic acids is 1. The highest BCUT2D eigenvalue weighted by molar-refractivity contribution is 5.94. The molecule has 0 saturated heterocycles. The lowest BCUT2D eigenvalue weighted by Gasteiger charge is -2.10. The Kier molecular flexibility index (Phi) is 4.89. The van der Waals surface area contributed by atoms with Crippen LogP contribution in [0.25, 0.3) is 16.9 Å². The van der Waals surface area contributed by atoms with E-state index in [0.717, 1.165) is 34.7 Å². The van der Waals surface area contributed by atoms with Gasteiger partial charge in [0.25, 0.3) is 5.91 Å². The number of aromatic nitrogens is 3. The molecular weight excluding hydrogens is 348 g/mol. The Bertz CT molecular complexity index is 1130. The van der Waals surface area contributed by atoms with Gasteiger partial charge in [-0.3, -0.25) is 9.36 Å². The van der Waals surface area contributed by atoms with Crippen molar-refractivity contribution in [1.29, 1.82) is 0 Å². The summed E-state index contributed by atoms with van der Waals surface area (Å²) in [5.41, 5.74) is 5.58. The predicted molar refractivity (Wildman–Crippen MR) is 111 cm³/mol. The molecule has 28 heavy (non-hydrogen) atoms. The molecule has 1 N–H and O–H groups in total. The molecule has 140 valence electrons. The van der Waals surface area contributed by atoms with Crippen molar-refractivity contribution < 1.29 is 4.79 Å². The molecule has 1 amide bonds. The van der Waals surface area contributed by atoms with Gasteiger partial charge in [-0.1, -0.05) is 31.2 Å². The minimum Gasteiger partial charge on any atom is -0.348 e. The summed E-state index contributed by atoms with van der Waals surface area (Å²) in [5, 5.41) is 2.99. The van der Waals surface area contributed by atoms with Crippen molar-refractivity contribution in [3.8, 4) is 5.69 Å². The largest absolute Gasteiger partial charge is 0.348 e. The lowest BCUT2D eigenvalue weighted by molar-refractivity contribution is 0.0951. The fourth-order valence-electron chi connectivity index (χ4n) is 3.32. The topological polar surface area (TPSA) is 59.8 Å². The van der Waals surface area contributed by atoms with E-state index in [0.29, 0.717) is 12.1 Å². The normalized spacial score (nSPS) is 10.9. The zero-order valence-electron chi connectivity index (χ0n) is 16.0. The van der Waals surface area contributed by atoms with Crippen LogP contribution in [0.1, 0.15) is 34.2 Å². The maximum atomic E-state index is 12.5. The Morgan fingerprint density at radius 1 is 1.04 bits per heavy atom. The third kappa shape index (κ3) is 3.39. The van der Waals surface area contributed by atoms with Gasteiger partial charge in [-0.05, 0) is 54.4 Å². The van der Waals surface area contributed by atoms with E-state index in [1.807, 2.05) is 72.2 Å². The molecule has 0 aliphatic carbocycles. The van der Waals surface area contributed by atoms with Crippen molar-refractivity contribution in [1.82, 2.24) is 19.9 Å². The number of amides is 1. The van der Waals surface area contributed by atoms with Crippen molar-refractivity contribution in [2.45, 2.75) is 26.8 Å². The molecule has 0 saturated carbocycles. The summed E-state index contributed by atoms with van der Waals surface area (Å²) in [6, 6.07) is 19.5. The monoisotopic (exact) mass is 370 g/mol. The third-order valence-electron chi connectivity index (χ3n) is 4.89. The Balaban J connectivity index is 1.56. The first-order valence-corrected chi connectivity index (χ1v) is 9.43. The number of nitrogens with zero attached hydrogens (tertiary/aromatic N) is 3. The quantitative estimate of drug-likeness (QED) is 0.572. The van der Waals surface area contributed by atoms with Gasteiger partial charge in [0.05, 0.1) is 0 Å². The van der Waals surface area contributed by atoms with Crippen LogP contribution in [0.15, 0.2) is 66.9 Å². The van der Waals surface area contributed by atoms with E-state index >= 15 is 0 Å². The van der Waals surface area contributed by atoms with E-state index in [-0.39, 0.29) is 5.91 Å². The molecule has 0 spiro atoms. The highest BCUT2D eigenvalue weighted by atomic mass is 16.1. The fraction of sp³-hybridized carbons (Fsp3) is 0.174. The van der Waals surface area contributed by atoms with Crippen molar-refractivity contribution in [2.24, 2.45) is 0 Å². The summed E-state index contributed by atoms with van der Waals surface area (Å²) in [7, 11) is 0. The molecule has 2 aromatic heterocycles. The molecule has 4 rings (SSSR count). The van der Waals surface area contributed by atoms with E-state index < -0.39 is 0 Å². The molecule has 0 bridgehead atoms. The van der Waals surface area contributed by atoms with Crippen LogP contribution in [0.2, 0.25) is 0 Å². The van der Waals surface area contributed by atoms with Gasteiger partial charge in [0.15, 0.2) is 5.65 Å². The number of nitrogens with one attached hydrogen (secondary N) is 1. The molecule has 5 nitrogen and oxygen atoms in total. The van der Waals surface area contributed by atoms with Crippen LogP contribution in [0.5, 0.6) is 0 Å². The average Bonchev–Trinajstić information content (AvgIpc) is 3.12. The average molecular weight is 370 g/mol. The maximum Gasteiger partial charge on any atom is 0.251 e. The summed E-state index contributed by atoms with van der Waals surface area (Å²) in [5.74, 6) is 0.865. The van der Waals surface area contributed by atoms with Crippen molar-refractivity contribution in [2.75, 3.05) is 0 Å². The summed E-state index contributed by atoms with van der Waals surface area (Å²) < 4.78 is 2.05. The number of benzene rings is 2. The van der Waals surface area contributed by atoms with E-state index in [2.05, 4.69) is 22.2 Å². The van der Waals surface area contributed by atoms with Crippen LogP contribution in [0, 0.1) is 6.92 Å². The second-order valence-corrected chi connectivity index (χ2v) is 6.72. The highest BCUT2D eigenvalue weighted by Crippen LogP contribution is 2.20. The minimum atomic E-state index is -0.0841. The van der Waals surface area contributed by atoms with Crippen LogP contribution in [-0.2, 0) is 13.0 Å². The second kappa shape index (κ2) is 7.64. The molecule has 0 aliphatic heterocycles. The van der Waals surface area contributed by atoms with Crippen LogP contribution >= 0.6 is 0 Å². The minimum absolute atomic E-state index is 0.0841. The number of aryl methyl sites for hydroxylation is 2. The van der Waals surface area contributed by atoms with Gasteiger partial charge in [-0.25, -0.2) is 9.97 Å². The second-order valence-electron chi connectivity index (χ2n) is 6.72. The number of hydrogen-bond acceptors (Lipinski definition) is 3. The van der Waals surface area contributed by atoms with Crippen molar-refractivity contribution >= 4 is 17.1 Å². The molecule has 0 atom stereocenters. The Morgan fingerprint density at radius 2 is 1.82 bits per heavy atom. The lowest BCUT2D eigenvalue weighted by Crippen LogP contribution is -2.23. The molecular formula is C23H22N4O. The number of carbonyl (C=O) groups is 1. The van der Waals surface area contributed by atoms with Crippen LogP contribution in [0.3, 0.4) is 0 Å². The van der Waals surface area contributed by atoms with Gasteiger partial charge < -0.3 is 5.32 Å². The SMILES string of the molecule is CCc1nc2cccnc2n1-c1ccc(C(=O)NCc2ccccc2C)cc1. The van der Waals surface area contributed by atoms with E-state index in [1.54, 1.807) is 6.20 Å². The summed E-state index contributed by atoms with van der Waals surface area (Å²) in [4.78, 5) is 21.7. The van der Waals surface area contributed by atoms with Gasteiger partial charge in [0.1, 0.15) is 11.3 Å². The highest BCUT2D eigenvalue weighted by Gasteiger charge is 2.13. The van der Waals surface area contributed by atoms with Gasteiger partial charge >= 0.3 is 0 Å². The smallest absolute Gasteiger partial charge is 0.251 e. The molecule has 4 aromatic rings. The van der Waals surface area contributed by atoms with Crippen LogP contribution in [0.4, 0.5) is 0 Å². The molecule has 0 fully saturated rings. The standard InChI is InChI=1S/C23H22N4O/c1-3-21-26-20-9-6-14-24-22(20)27(21)19-12-10-17(11-13-19)23(28)25-15-18-8-5-4-7-16(18)2/h4-14H,3,15H2,1-2H3,(H,25,28). The van der Waals surface area contributed by atoms with Crippen molar-refractivity contribution in [3.05, 3.63) is 89.4 Å². The Labute approximate surface area is 164 Å². The third-order valence-corrected chi connectivity index (χ3v) is 4.89. The first-order valence-electron chi connectivity index (χ1n) is 9.43. The summed E-state index contributed by atoms with van der Waals surface area (Å²) >= 11 is 0. The Hall–Kier alpha value is -3.47. The zero-order valence-corrected chi connectivity index (χ0v) is 16.0. The fourth-order valence-corrected chi connectivity index (χ4v) is 3.32. The molecule has 5 heteroatoms. The van der Waals surface area contributed by atoms with E-state index in [1.165, 1.54) is 5.56 Å². The van der Waals surface area contributed by atoms with Crippen LogP contribution in [-0.4, -0.2) is 20.4 Å². The van der Waals surface area contributed by atoms with Gasteiger partial charge in [-0.15, -0.1) is 0 Å². The van der Waals surface area contributed by atoms with Gasteiger partial charge in [0.2, 0.25) is 0 Å². The number of hydrogen-bond donors (Lipinski definition) is 1. The first kappa shape index (κ1) is 17.9. The Morgan fingerprint density at radius 3 is 2.57 bits per heavy atom. The molecule has 2 aromatic carbocycles. The molecule has 2 heterocycles. The first-order chi connectivity index (χ1) is 13.7. The summed E-state index contributed by atoms with van der Waals surface area (Å²) in [6.45, 7) is 4.64. The zero-order chi connectivity index (χ0) is 19.5. The predicted octanol–water partition coefficient (Wildman–Crippen LogP) is 4.22.